The van der Waals surface area contributed by atoms with Crippen LogP contribution in [0.3, 0.4) is 0 Å². The Labute approximate surface area is 92.5 Å². The molecular formula is C8H5F2IN2O. The molecule has 0 atom stereocenters. The van der Waals surface area contributed by atoms with Crippen LogP contribution in [0.1, 0.15) is 23.2 Å². The molecule has 1 aromatic heterocycles. The predicted octanol–water partition coefficient (Wildman–Crippen LogP) is 1.99. The maximum atomic E-state index is 12.4. The Balaban J connectivity index is 3.33. The van der Waals surface area contributed by atoms with Gasteiger partial charge in [-0.3, -0.25) is 0 Å². The number of aromatic nitrogens is 1. The zero-order valence-corrected chi connectivity index (χ0v) is 8.99. The molecular weight excluding hydrogens is 305 g/mol. The maximum Gasteiger partial charge on any atom is 0.281 e. The quantitative estimate of drug-likeness (QED) is 0.671. The minimum Gasteiger partial charge on any atom is -0.392 e. The average Bonchev–Trinajstić information content (AvgIpc) is 2.17. The molecule has 0 aliphatic rings. The molecule has 1 aromatic rings. The van der Waals surface area contributed by atoms with Crippen LogP contribution in [0.2, 0.25) is 0 Å². The van der Waals surface area contributed by atoms with Gasteiger partial charge in [0, 0.05) is 5.56 Å². The summed E-state index contributed by atoms with van der Waals surface area (Å²) in [6.45, 7) is -0.316. The predicted molar refractivity (Wildman–Crippen MR) is 52.5 cm³/mol. The molecule has 0 aromatic carbocycles. The lowest BCUT2D eigenvalue weighted by Gasteiger charge is -2.05. The van der Waals surface area contributed by atoms with E-state index in [0.29, 0.717) is 9.26 Å². The number of aliphatic hydroxyl groups excluding tert-OH is 1. The van der Waals surface area contributed by atoms with Gasteiger partial charge in [0.25, 0.3) is 6.43 Å². The molecule has 0 aliphatic carbocycles. The van der Waals surface area contributed by atoms with Gasteiger partial charge in [0.15, 0.2) is 0 Å². The van der Waals surface area contributed by atoms with Crippen LogP contribution < -0.4 is 0 Å². The number of nitriles is 1. The van der Waals surface area contributed by atoms with E-state index in [2.05, 4.69) is 4.98 Å². The molecule has 3 nitrogen and oxygen atoms in total. The van der Waals surface area contributed by atoms with Gasteiger partial charge in [-0.2, -0.15) is 5.26 Å². The van der Waals surface area contributed by atoms with Crippen LogP contribution in [0.5, 0.6) is 0 Å². The Morgan fingerprint density at radius 3 is 2.71 bits per heavy atom. The first-order valence-corrected chi connectivity index (χ1v) is 4.66. The summed E-state index contributed by atoms with van der Waals surface area (Å²) in [6, 6.07) is 2.85. The highest BCUT2D eigenvalue weighted by atomic mass is 127. The van der Waals surface area contributed by atoms with Crippen molar-refractivity contribution < 1.29 is 13.9 Å². The Bertz CT molecular complexity index is 390. The third-order valence-corrected chi connectivity index (χ3v) is 2.51. The highest BCUT2D eigenvalue weighted by Crippen LogP contribution is 2.23. The molecule has 6 heteroatoms. The van der Waals surface area contributed by atoms with Gasteiger partial charge in [-0.05, 0) is 28.7 Å². The van der Waals surface area contributed by atoms with E-state index in [0.717, 1.165) is 0 Å². The molecule has 0 spiro atoms. The molecule has 0 saturated carbocycles. The molecule has 0 bridgehead atoms. The summed E-state index contributed by atoms with van der Waals surface area (Å²) in [4.78, 5) is 3.57. The first-order chi connectivity index (χ1) is 6.60. The Hall–Kier alpha value is -0.810. The molecule has 0 unspecified atom stereocenters. The van der Waals surface area contributed by atoms with Crippen molar-refractivity contribution >= 4 is 22.6 Å². The van der Waals surface area contributed by atoms with E-state index in [1.165, 1.54) is 6.07 Å². The van der Waals surface area contributed by atoms with E-state index in [4.69, 9.17) is 10.4 Å². The first-order valence-electron chi connectivity index (χ1n) is 3.58. The lowest BCUT2D eigenvalue weighted by molar-refractivity contribution is 0.145. The van der Waals surface area contributed by atoms with Crippen LogP contribution in [0, 0.1) is 15.0 Å². The van der Waals surface area contributed by atoms with Crippen molar-refractivity contribution in [1.29, 1.82) is 5.26 Å². The maximum absolute atomic E-state index is 12.4. The number of hydrogen-bond donors (Lipinski definition) is 1. The van der Waals surface area contributed by atoms with Gasteiger partial charge in [0.1, 0.15) is 15.5 Å². The standard InChI is InChI=1S/C8H5F2IN2O/c9-7(10)6-4(2-12)1-5(3-14)8(11)13-6/h1,7,14H,3H2. The van der Waals surface area contributed by atoms with Crippen LogP contribution in [-0.2, 0) is 6.61 Å². The van der Waals surface area contributed by atoms with Crippen molar-refractivity contribution in [2.45, 2.75) is 13.0 Å². The van der Waals surface area contributed by atoms with Crippen LogP contribution in [0.4, 0.5) is 8.78 Å². The van der Waals surface area contributed by atoms with Crippen molar-refractivity contribution in [3.63, 3.8) is 0 Å². The van der Waals surface area contributed by atoms with Crippen LogP contribution in [0.15, 0.2) is 6.07 Å². The van der Waals surface area contributed by atoms with Gasteiger partial charge < -0.3 is 5.11 Å². The average molecular weight is 310 g/mol. The zero-order chi connectivity index (χ0) is 10.7. The van der Waals surface area contributed by atoms with Crippen LogP contribution >= 0.6 is 22.6 Å². The fourth-order valence-corrected chi connectivity index (χ4v) is 1.50. The molecule has 0 aliphatic heterocycles. The third-order valence-electron chi connectivity index (χ3n) is 1.58. The SMILES string of the molecule is N#Cc1cc(CO)c(I)nc1C(F)F. The number of aliphatic hydroxyl groups is 1. The second-order valence-electron chi connectivity index (χ2n) is 2.44. The first kappa shape index (κ1) is 11.3. The zero-order valence-electron chi connectivity index (χ0n) is 6.84. The highest BCUT2D eigenvalue weighted by Gasteiger charge is 2.17. The monoisotopic (exact) mass is 310 g/mol. The molecule has 74 valence electrons. The van der Waals surface area contributed by atoms with Crippen molar-refractivity contribution in [2.24, 2.45) is 0 Å². The fraction of sp³-hybridized carbons (Fsp3) is 0.250. The molecule has 0 fully saturated rings. The summed E-state index contributed by atoms with van der Waals surface area (Å²) in [6.07, 6.45) is -2.77. The number of halogens is 3. The third kappa shape index (κ3) is 2.16. The van der Waals surface area contributed by atoms with Crippen molar-refractivity contribution in [1.82, 2.24) is 4.98 Å². The summed E-state index contributed by atoms with van der Waals surface area (Å²) < 4.78 is 25.0. The lowest BCUT2D eigenvalue weighted by Crippen LogP contribution is -2.02. The summed E-state index contributed by atoms with van der Waals surface area (Å²) in [5, 5.41) is 17.4. The minimum absolute atomic E-state index is 0.190. The molecule has 1 N–H and O–H groups in total. The Morgan fingerprint density at radius 2 is 2.29 bits per heavy atom. The number of nitrogens with zero attached hydrogens (tertiary/aromatic N) is 2. The van der Waals surface area contributed by atoms with E-state index in [-0.39, 0.29) is 12.2 Å². The lowest BCUT2D eigenvalue weighted by atomic mass is 10.1. The summed E-state index contributed by atoms with van der Waals surface area (Å²) >= 11 is 1.74. The van der Waals surface area contributed by atoms with Gasteiger partial charge in [-0.15, -0.1) is 0 Å². The second kappa shape index (κ2) is 4.61. The Kier molecular flexibility index (Phi) is 3.71. The normalized spacial score (nSPS) is 10.3. The largest absolute Gasteiger partial charge is 0.392 e. The highest BCUT2D eigenvalue weighted by molar-refractivity contribution is 14.1. The topological polar surface area (TPSA) is 56.9 Å². The summed E-state index contributed by atoms with van der Waals surface area (Å²) in [7, 11) is 0. The van der Waals surface area contributed by atoms with Crippen molar-refractivity contribution in [3.8, 4) is 6.07 Å². The molecule has 0 radical (unpaired) electrons. The minimum atomic E-state index is -2.77. The smallest absolute Gasteiger partial charge is 0.281 e. The van der Waals surface area contributed by atoms with Crippen LogP contribution in [0.25, 0.3) is 0 Å². The van der Waals surface area contributed by atoms with E-state index in [9.17, 15) is 8.78 Å². The van der Waals surface area contributed by atoms with Gasteiger partial charge in [0.2, 0.25) is 0 Å². The van der Waals surface area contributed by atoms with Crippen molar-refractivity contribution in [2.75, 3.05) is 0 Å². The molecule has 0 amide bonds. The van der Waals surface area contributed by atoms with E-state index < -0.39 is 12.1 Å². The molecule has 1 heterocycles. The molecule has 14 heavy (non-hydrogen) atoms. The summed E-state index contributed by atoms with van der Waals surface area (Å²) in [5.41, 5.74) is -0.342. The van der Waals surface area contributed by atoms with Gasteiger partial charge in [-0.1, -0.05) is 0 Å². The van der Waals surface area contributed by atoms with Gasteiger partial charge in [0.05, 0.1) is 12.2 Å². The van der Waals surface area contributed by atoms with E-state index in [1.807, 2.05) is 0 Å². The van der Waals surface area contributed by atoms with Gasteiger partial charge >= 0.3 is 0 Å². The van der Waals surface area contributed by atoms with Crippen LogP contribution in [-0.4, -0.2) is 10.1 Å². The number of alkyl halides is 2. The Morgan fingerprint density at radius 1 is 1.64 bits per heavy atom. The second-order valence-corrected chi connectivity index (χ2v) is 3.46. The van der Waals surface area contributed by atoms with Crippen molar-refractivity contribution in [3.05, 3.63) is 26.6 Å². The molecule has 1 rings (SSSR count). The number of pyridine rings is 1. The van der Waals surface area contributed by atoms with E-state index in [1.54, 1.807) is 28.7 Å². The van der Waals surface area contributed by atoms with Gasteiger partial charge in [-0.25, -0.2) is 13.8 Å². The fourth-order valence-electron chi connectivity index (χ4n) is 0.912. The molecule has 0 saturated heterocycles. The number of rotatable bonds is 2. The summed E-state index contributed by atoms with van der Waals surface area (Å²) in [5.74, 6) is 0. The number of hydrogen-bond acceptors (Lipinski definition) is 3. The van der Waals surface area contributed by atoms with E-state index >= 15 is 0 Å².